The third kappa shape index (κ3) is 9.06. The van der Waals surface area contributed by atoms with Gasteiger partial charge in [-0.05, 0) is 55.5 Å². The van der Waals surface area contributed by atoms with E-state index in [9.17, 15) is 0 Å². The second kappa shape index (κ2) is 23.9. The zero-order chi connectivity index (χ0) is 41.9. The van der Waals surface area contributed by atoms with Crippen LogP contribution < -0.4 is 21.7 Å². The van der Waals surface area contributed by atoms with Gasteiger partial charge in [0.25, 0.3) is 0 Å². The van der Waals surface area contributed by atoms with Crippen LogP contribution in [0.5, 0.6) is 0 Å². The Bertz CT molecular complexity index is 2020. The molecule has 0 spiro atoms. The van der Waals surface area contributed by atoms with Crippen LogP contribution in [-0.2, 0) is 4.74 Å². The number of anilines is 2. The van der Waals surface area contributed by atoms with Crippen LogP contribution in [0.2, 0.25) is 0 Å². The van der Waals surface area contributed by atoms with Crippen LogP contribution in [0, 0.1) is 0 Å². The summed E-state index contributed by atoms with van der Waals surface area (Å²) in [5, 5.41) is 8.19. The number of nitrogens with two attached hydrogens (primary N) is 2. The summed E-state index contributed by atoms with van der Waals surface area (Å²) in [6, 6.07) is 33.0. The molecule has 5 aromatic carbocycles. The Morgan fingerprint density at radius 2 is 1.12 bits per heavy atom. The van der Waals surface area contributed by atoms with Gasteiger partial charge in [-0.15, -0.1) is 0 Å². The zero-order valence-electron chi connectivity index (χ0n) is 37.0. The second-order valence-corrected chi connectivity index (χ2v) is 12.8. The van der Waals surface area contributed by atoms with E-state index in [2.05, 4.69) is 125 Å². The number of ether oxygens (including phenoxy) is 1. The van der Waals surface area contributed by atoms with Gasteiger partial charge in [0.1, 0.15) is 11.8 Å². The van der Waals surface area contributed by atoms with Gasteiger partial charge >= 0.3 is 0 Å². The summed E-state index contributed by atoms with van der Waals surface area (Å²) in [7, 11) is 3.29. The van der Waals surface area contributed by atoms with E-state index in [0.29, 0.717) is 0 Å². The fourth-order valence-corrected chi connectivity index (χ4v) is 7.78. The summed E-state index contributed by atoms with van der Waals surface area (Å²) in [6.45, 7) is 30.8. The molecule has 5 aromatic rings. The molecule has 0 bridgehead atoms. The minimum atomic E-state index is 0.274. The summed E-state index contributed by atoms with van der Waals surface area (Å²) in [4.78, 5) is 1.56. The Labute approximate surface area is 340 Å². The molecule has 0 heterocycles. The maximum atomic E-state index is 6.83. The largest absolute Gasteiger partial charge is 0.495 e. The van der Waals surface area contributed by atoms with Crippen molar-refractivity contribution in [2.45, 2.75) is 95.0 Å². The van der Waals surface area contributed by atoms with E-state index in [4.69, 9.17) is 17.0 Å². The van der Waals surface area contributed by atoms with Crippen LogP contribution >= 0.6 is 0 Å². The smallest absolute Gasteiger partial charge is 0.140 e. The summed E-state index contributed by atoms with van der Waals surface area (Å²) >= 11 is 0. The summed E-state index contributed by atoms with van der Waals surface area (Å²) < 4.78 is 6.37. The van der Waals surface area contributed by atoms with Gasteiger partial charge in [0.2, 0.25) is 0 Å². The van der Waals surface area contributed by atoms with E-state index in [1.807, 2.05) is 53.7 Å². The fourth-order valence-electron chi connectivity index (χ4n) is 7.78. The molecule has 0 aliphatic heterocycles. The molecule has 0 saturated heterocycles. The molecule has 0 atom stereocenters. The number of methoxy groups -OCH3 is 1. The molecule has 5 heteroatoms. The Kier molecular flexibility index (Phi) is 20.2. The fraction of sp³-hybridized carbons (Fsp3) is 0.373. The summed E-state index contributed by atoms with van der Waals surface area (Å²) in [6.07, 6.45) is 2.28. The number of nitrogen functional groups attached to an aromatic ring is 1. The highest BCUT2D eigenvalue weighted by molar-refractivity contribution is 6.24. The van der Waals surface area contributed by atoms with Crippen LogP contribution in [0.3, 0.4) is 0 Å². The minimum Gasteiger partial charge on any atom is -0.495 e. The number of allylic oxidation sites excluding steroid dienone is 2. The predicted octanol–water partition coefficient (Wildman–Crippen LogP) is 12.2. The number of quaternary nitrogens is 1. The predicted molar refractivity (Wildman–Crippen MR) is 251 cm³/mol. The average molecular weight is 758 g/mol. The Morgan fingerprint density at radius 1 is 0.643 bits per heavy atom. The molecule has 0 saturated carbocycles. The van der Waals surface area contributed by atoms with Crippen molar-refractivity contribution in [3.05, 3.63) is 142 Å². The van der Waals surface area contributed by atoms with Crippen LogP contribution in [0.25, 0.3) is 32.7 Å². The van der Waals surface area contributed by atoms with Crippen LogP contribution in [0.4, 0.5) is 11.4 Å². The highest BCUT2D eigenvalue weighted by Gasteiger charge is 2.41. The van der Waals surface area contributed by atoms with E-state index >= 15 is 0 Å². The molecule has 6 N–H and O–H groups in total. The third-order valence-corrected chi connectivity index (χ3v) is 9.79. The molecular weight excluding hydrogens is 685 g/mol. The highest BCUT2D eigenvalue weighted by atomic mass is 16.5. The molecular formula is C51H73N4O+. The van der Waals surface area contributed by atoms with Crippen LogP contribution in [0.15, 0.2) is 114 Å². The van der Waals surface area contributed by atoms with Gasteiger partial charge in [-0.25, -0.2) is 0 Å². The number of rotatable bonds is 8. The molecule has 5 nitrogen and oxygen atoms in total. The van der Waals surface area contributed by atoms with Crippen molar-refractivity contribution >= 4 is 44.1 Å². The topological polar surface area (TPSA) is 77.7 Å². The van der Waals surface area contributed by atoms with Crippen molar-refractivity contribution in [3.63, 3.8) is 0 Å². The average Bonchev–Trinajstić information content (AvgIpc) is 3.26. The maximum Gasteiger partial charge on any atom is 0.140 e. The minimum absolute atomic E-state index is 0.274. The SMILES string of the molecule is C=C1C(=C2c3ccccc3C([NH+](CC)CC)c3ccccc32)C(OC)=C1c1c2ccccc2c(NCCC)c2cccc(N)c12.CC.CC.CC.CCC.CN. The lowest BCUT2D eigenvalue weighted by atomic mass is 9.69. The second-order valence-electron chi connectivity index (χ2n) is 12.8. The van der Waals surface area contributed by atoms with Gasteiger partial charge in [0, 0.05) is 61.8 Å². The van der Waals surface area contributed by atoms with Crippen LogP contribution in [-0.4, -0.2) is 33.8 Å². The van der Waals surface area contributed by atoms with Gasteiger partial charge in [-0.1, -0.05) is 160 Å². The first-order valence-electron chi connectivity index (χ1n) is 21.3. The van der Waals surface area contributed by atoms with Crippen molar-refractivity contribution in [3.8, 4) is 0 Å². The molecule has 0 fully saturated rings. The molecule has 302 valence electrons. The number of hydrogen-bond acceptors (Lipinski definition) is 4. The van der Waals surface area contributed by atoms with Crippen LogP contribution in [0.1, 0.15) is 123 Å². The van der Waals surface area contributed by atoms with Crippen molar-refractivity contribution in [1.29, 1.82) is 0 Å². The van der Waals surface area contributed by atoms with Gasteiger partial charge in [-0.3, -0.25) is 0 Å². The Hall–Kier alpha value is -4.84. The summed E-state index contributed by atoms with van der Waals surface area (Å²) in [5.74, 6) is 0.872. The normalized spacial score (nSPS) is 13.5. The molecule has 7 rings (SSSR count). The number of benzene rings is 5. The quantitative estimate of drug-likeness (QED) is 0.0939. The standard InChI is InChI=1S/C41H41N3O.C3H8.3C2H6.CH5N/c1-6-24-43-39-29-19-12-9-16-26(29)38(37-32(39)22-15-23-33(37)42)35-25(4)34(41(35)45-5)36-27-17-10-13-20-30(27)40(44(7-2)8-3)31-21-14-11-18-28(31)36;1-3-2;4*1-2/h9-23,40,43H,4,6-8,24,42H2,1-3,5H3;3H2,1-2H3;3*1-2H3;2H2,1H3/p+1. The molecule has 2 aliphatic rings. The van der Waals surface area contributed by atoms with Crippen molar-refractivity contribution < 1.29 is 9.64 Å². The lowest BCUT2D eigenvalue weighted by Crippen LogP contribution is -3.12. The van der Waals surface area contributed by atoms with Gasteiger partial charge in [-0.2, -0.15) is 0 Å². The summed E-state index contributed by atoms with van der Waals surface area (Å²) in [5.41, 5.74) is 23.9. The number of fused-ring (bicyclic) bond motifs is 4. The van der Waals surface area contributed by atoms with Gasteiger partial charge in [0.05, 0.1) is 25.9 Å². The highest BCUT2D eigenvalue weighted by Crippen LogP contribution is 2.56. The molecule has 0 unspecified atom stereocenters. The van der Waals surface area contributed by atoms with E-state index < -0.39 is 0 Å². The molecule has 0 radical (unpaired) electrons. The lowest BCUT2D eigenvalue weighted by Gasteiger charge is -2.38. The van der Waals surface area contributed by atoms with Crippen molar-refractivity contribution in [2.75, 3.05) is 44.8 Å². The molecule has 0 amide bonds. The number of nitrogens with one attached hydrogen (secondary N) is 2. The first-order chi connectivity index (χ1) is 27.5. The molecule has 2 aliphatic carbocycles. The van der Waals surface area contributed by atoms with E-state index in [1.165, 1.54) is 46.7 Å². The van der Waals surface area contributed by atoms with E-state index in [1.54, 1.807) is 12.0 Å². The first kappa shape index (κ1) is 47.3. The zero-order valence-corrected chi connectivity index (χ0v) is 37.0. The van der Waals surface area contributed by atoms with E-state index in [-0.39, 0.29) is 6.04 Å². The monoisotopic (exact) mass is 758 g/mol. The Morgan fingerprint density at radius 3 is 1.62 bits per heavy atom. The molecule has 0 aromatic heterocycles. The lowest BCUT2D eigenvalue weighted by molar-refractivity contribution is -0.922. The Balaban J connectivity index is 0.000000902. The van der Waals surface area contributed by atoms with Gasteiger partial charge < -0.3 is 26.4 Å². The van der Waals surface area contributed by atoms with Crippen molar-refractivity contribution in [1.82, 2.24) is 0 Å². The third-order valence-electron chi connectivity index (χ3n) is 9.79. The first-order valence-corrected chi connectivity index (χ1v) is 21.3. The van der Waals surface area contributed by atoms with Gasteiger partial charge in [0.15, 0.2) is 0 Å². The number of hydrogen-bond donors (Lipinski definition) is 4. The van der Waals surface area contributed by atoms with E-state index in [0.717, 1.165) is 81.6 Å². The maximum absolute atomic E-state index is 6.83. The molecule has 56 heavy (non-hydrogen) atoms. The van der Waals surface area contributed by atoms with Crippen molar-refractivity contribution in [2.24, 2.45) is 5.73 Å².